The zero-order valence-corrected chi connectivity index (χ0v) is 19.4. The minimum absolute atomic E-state index is 0.0591. The molecule has 0 spiro atoms. The molecule has 34 heavy (non-hydrogen) atoms. The monoisotopic (exact) mass is 472 g/mol. The van der Waals surface area contributed by atoms with Crippen LogP contribution in [-0.4, -0.2) is 59.7 Å². The highest BCUT2D eigenvalue weighted by Gasteiger charge is 2.31. The van der Waals surface area contributed by atoms with Gasteiger partial charge in [0.05, 0.1) is 23.6 Å². The largest absolute Gasteiger partial charge is 0.487 e. The molecular weight excluding hydrogens is 442 g/mol. The van der Waals surface area contributed by atoms with Crippen LogP contribution in [0, 0.1) is 11.6 Å². The number of amides is 1. The van der Waals surface area contributed by atoms with Crippen LogP contribution in [0.1, 0.15) is 55.6 Å². The Kier molecular flexibility index (Phi) is 6.63. The number of fused-ring (bicyclic) bond motifs is 1. The van der Waals surface area contributed by atoms with Gasteiger partial charge in [-0.1, -0.05) is 0 Å². The molecule has 2 fully saturated rings. The van der Waals surface area contributed by atoms with Gasteiger partial charge in [-0.2, -0.15) is 0 Å². The number of hydrogen-bond donors (Lipinski definition) is 0. The fourth-order valence-electron chi connectivity index (χ4n) is 5.02. The first kappa shape index (κ1) is 23.0. The summed E-state index contributed by atoms with van der Waals surface area (Å²) in [4.78, 5) is 26.2. The number of carbonyl (C=O) groups is 1. The van der Waals surface area contributed by atoms with Gasteiger partial charge in [0.2, 0.25) is 5.91 Å². The van der Waals surface area contributed by atoms with Crippen molar-refractivity contribution in [1.29, 1.82) is 0 Å². The predicted molar refractivity (Wildman–Crippen MR) is 122 cm³/mol. The molecule has 0 radical (unpaired) electrons. The van der Waals surface area contributed by atoms with Crippen molar-refractivity contribution in [3.8, 4) is 5.75 Å². The molecule has 0 atom stereocenters. The van der Waals surface area contributed by atoms with E-state index in [1.54, 1.807) is 6.92 Å². The van der Waals surface area contributed by atoms with Gasteiger partial charge in [-0.3, -0.25) is 4.79 Å². The minimum Gasteiger partial charge on any atom is -0.487 e. The van der Waals surface area contributed by atoms with Crippen molar-refractivity contribution in [3.05, 3.63) is 46.9 Å². The molecule has 0 N–H and O–H groups in total. The lowest BCUT2D eigenvalue weighted by Crippen LogP contribution is -2.41. The van der Waals surface area contributed by atoms with Crippen LogP contribution in [-0.2, 0) is 22.5 Å². The summed E-state index contributed by atoms with van der Waals surface area (Å²) in [6.45, 7) is 5.62. The van der Waals surface area contributed by atoms with Crippen LogP contribution in [0.15, 0.2) is 18.2 Å². The lowest BCUT2D eigenvalue weighted by molar-refractivity contribution is -0.129. The lowest BCUT2D eigenvalue weighted by atomic mass is 9.94. The second kappa shape index (κ2) is 9.82. The molecule has 0 saturated carbocycles. The fourth-order valence-corrected chi connectivity index (χ4v) is 5.02. The highest BCUT2D eigenvalue weighted by Crippen LogP contribution is 2.35. The second-order valence-corrected chi connectivity index (χ2v) is 9.28. The normalized spacial score (nSPS) is 19.7. The summed E-state index contributed by atoms with van der Waals surface area (Å²) in [7, 11) is 0. The molecule has 3 aliphatic heterocycles. The maximum absolute atomic E-state index is 14.0. The number of carbonyl (C=O) groups excluding carboxylic acids is 1. The number of anilines is 1. The summed E-state index contributed by atoms with van der Waals surface area (Å²) < 4.78 is 38.6. The van der Waals surface area contributed by atoms with Crippen LogP contribution in [0.5, 0.6) is 5.75 Å². The van der Waals surface area contributed by atoms with Gasteiger partial charge >= 0.3 is 0 Å². The molecule has 0 bridgehead atoms. The van der Waals surface area contributed by atoms with E-state index >= 15 is 0 Å². The van der Waals surface area contributed by atoms with Crippen molar-refractivity contribution in [2.45, 2.75) is 57.6 Å². The van der Waals surface area contributed by atoms with Crippen LogP contribution >= 0.6 is 0 Å². The Morgan fingerprint density at radius 1 is 1.06 bits per heavy atom. The van der Waals surface area contributed by atoms with E-state index in [2.05, 4.69) is 4.90 Å². The molecule has 2 saturated heterocycles. The van der Waals surface area contributed by atoms with Gasteiger partial charge in [-0.15, -0.1) is 0 Å². The maximum atomic E-state index is 14.0. The minimum atomic E-state index is -0.676. The van der Waals surface area contributed by atoms with Gasteiger partial charge in [-0.05, 0) is 25.0 Å². The van der Waals surface area contributed by atoms with Gasteiger partial charge in [0.1, 0.15) is 11.9 Å². The quantitative estimate of drug-likeness (QED) is 0.678. The van der Waals surface area contributed by atoms with Gasteiger partial charge < -0.3 is 19.3 Å². The Bertz CT molecular complexity index is 1050. The third kappa shape index (κ3) is 4.85. The SMILES string of the molecule is CC(=O)N1CCc2nc(N3CCC(Oc4ccc(F)cc4F)CC3)c(C3CCOCC3)nc2C1. The Balaban J connectivity index is 1.35. The Morgan fingerprint density at radius 3 is 2.53 bits per heavy atom. The third-order valence-corrected chi connectivity index (χ3v) is 7.00. The Hall–Kier alpha value is -2.81. The number of rotatable bonds is 4. The zero-order valence-electron chi connectivity index (χ0n) is 19.4. The van der Waals surface area contributed by atoms with E-state index in [0.717, 1.165) is 54.9 Å². The van der Waals surface area contributed by atoms with Crippen molar-refractivity contribution < 1.29 is 23.0 Å². The highest BCUT2D eigenvalue weighted by atomic mass is 19.1. The van der Waals surface area contributed by atoms with Crippen molar-refractivity contribution in [2.75, 3.05) is 37.7 Å². The van der Waals surface area contributed by atoms with E-state index in [4.69, 9.17) is 19.4 Å². The number of halogens is 2. The molecule has 1 aromatic heterocycles. The molecule has 1 amide bonds. The number of piperidine rings is 1. The standard InChI is InChI=1S/C25H30F2N4O3/c1-16(32)31-11-6-21-22(15-31)28-24(17-7-12-33-13-8-17)25(29-21)30-9-4-19(5-10-30)34-23-3-2-18(26)14-20(23)27/h2-3,14,17,19H,4-13,15H2,1H3. The van der Waals surface area contributed by atoms with Crippen LogP contribution in [0.4, 0.5) is 14.6 Å². The Labute approximate surface area is 198 Å². The number of hydrogen-bond acceptors (Lipinski definition) is 6. The van der Waals surface area contributed by atoms with E-state index in [-0.39, 0.29) is 23.7 Å². The molecule has 5 rings (SSSR count). The molecule has 4 heterocycles. The molecular formula is C25H30F2N4O3. The van der Waals surface area contributed by atoms with E-state index in [1.165, 1.54) is 12.1 Å². The summed E-state index contributed by atoms with van der Waals surface area (Å²) in [5, 5.41) is 0. The van der Waals surface area contributed by atoms with Crippen LogP contribution in [0.3, 0.4) is 0 Å². The molecule has 9 heteroatoms. The Morgan fingerprint density at radius 2 is 1.82 bits per heavy atom. The molecule has 0 aliphatic carbocycles. The molecule has 3 aliphatic rings. The molecule has 2 aromatic rings. The predicted octanol–water partition coefficient (Wildman–Crippen LogP) is 3.60. The summed E-state index contributed by atoms with van der Waals surface area (Å²) in [5.74, 6) is 0.0575. The number of nitrogens with zero attached hydrogens (tertiary/aromatic N) is 4. The van der Waals surface area contributed by atoms with Gasteiger partial charge in [0, 0.05) is 71.0 Å². The van der Waals surface area contributed by atoms with Gasteiger partial charge in [-0.25, -0.2) is 18.7 Å². The van der Waals surface area contributed by atoms with Crippen LogP contribution in [0.25, 0.3) is 0 Å². The zero-order chi connectivity index (χ0) is 23.7. The lowest BCUT2D eigenvalue weighted by Gasteiger charge is -2.36. The summed E-state index contributed by atoms with van der Waals surface area (Å²) >= 11 is 0. The van der Waals surface area contributed by atoms with Crippen LogP contribution in [0.2, 0.25) is 0 Å². The third-order valence-electron chi connectivity index (χ3n) is 7.00. The van der Waals surface area contributed by atoms with Gasteiger partial charge in [0.15, 0.2) is 17.4 Å². The average molecular weight is 473 g/mol. The second-order valence-electron chi connectivity index (χ2n) is 9.28. The average Bonchev–Trinajstić information content (AvgIpc) is 2.85. The molecule has 1 aromatic carbocycles. The van der Waals surface area contributed by atoms with E-state index in [0.29, 0.717) is 45.6 Å². The van der Waals surface area contributed by atoms with Crippen molar-refractivity contribution in [2.24, 2.45) is 0 Å². The smallest absolute Gasteiger partial charge is 0.219 e. The van der Waals surface area contributed by atoms with Gasteiger partial charge in [0.25, 0.3) is 0 Å². The van der Waals surface area contributed by atoms with E-state index in [1.807, 2.05) is 4.90 Å². The number of ether oxygens (including phenoxy) is 2. The summed E-state index contributed by atoms with van der Waals surface area (Å²) in [6.07, 6.45) is 3.78. The first-order valence-electron chi connectivity index (χ1n) is 12.1. The van der Waals surface area contributed by atoms with Crippen molar-refractivity contribution in [3.63, 3.8) is 0 Å². The topological polar surface area (TPSA) is 67.8 Å². The number of benzene rings is 1. The summed E-state index contributed by atoms with van der Waals surface area (Å²) in [5.41, 5.74) is 2.86. The van der Waals surface area contributed by atoms with Crippen molar-refractivity contribution in [1.82, 2.24) is 14.9 Å². The van der Waals surface area contributed by atoms with Crippen molar-refractivity contribution >= 4 is 11.7 Å². The molecule has 7 nitrogen and oxygen atoms in total. The van der Waals surface area contributed by atoms with E-state index < -0.39 is 11.6 Å². The molecule has 182 valence electrons. The highest BCUT2D eigenvalue weighted by molar-refractivity contribution is 5.73. The summed E-state index contributed by atoms with van der Waals surface area (Å²) in [6, 6.07) is 3.41. The molecule has 0 unspecified atom stereocenters. The first-order valence-corrected chi connectivity index (χ1v) is 12.1. The first-order chi connectivity index (χ1) is 16.5. The van der Waals surface area contributed by atoms with E-state index in [9.17, 15) is 13.6 Å². The number of aromatic nitrogens is 2. The fraction of sp³-hybridized carbons (Fsp3) is 0.560. The van der Waals surface area contributed by atoms with Crippen LogP contribution < -0.4 is 9.64 Å². The maximum Gasteiger partial charge on any atom is 0.219 e.